The molecule has 4 rings (SSSR count). The summed E-state index contributed by atoms with van der Waals surface area (Å²) in [6.45, 7) is 3.34. The van der Waals surface area contributed by atoms with E-state index in [2.05, 4.69) is 16.4 Å². The molecule has 1 aromatic heterocycles. The van der Waals surface area contributed by atoms with Crippen LogP contribution in [-0.2, 0) is 4.79 Å². The number of halogens is 1. The number of hydrogen-bond donors (Lipinski definition) is 2. The Kier molecular flexibility index (Phi) is 6.22. The van der Waals surface area contributed by atoms with Gasteiger partial charge in [-0.3, -0.25) is 9.59 Å². The number of aromatic nitrogens is 1. The molecule has 3 aromatic rings. The van der Waals surface area contributed by atoms with Crippen molar-refractivity contribution in [1.29, 1.82) is 5.26 Å². The summed E-state index contributed by atoms with van der Waals surface area (Å²) in [4.78, 5) is 28.5. The van der Waals surface area contributed by atoms with Crippen molar-refractivity contribution in [3.8, 4) is 6.07 Å². The largest absolute Gasteiger partial charge is 0.361 e. The van der Waals surface area contributed by atoms with Crippen LogP contribution in [0.25, 0.3) is 10.9 Å². The molecule has 0 saturated heterocycles. The Balaban J connectivity index is 1.73. The number of nitrogens with zero attached hydrogens (tertiary/aromatic N) is 1. The fourth-order valence-electron chi connectivity index (χ4n) is 3.99. The molecule has 7 heteroatoms. The molecule has 2 aromatic carbocycles. The Morgan fingerprint density at radius 1 is 1.16 bits per heavy atom. The van der Waals surface area contributed by atoms with Crippen molar-refractivity contribution in [1.82, 2.24) is 10.3 Å². The zero-order chi connectivity index (χ0) is 22.8. The maximum Gasteiger partial charge on any atom is 0.173 e. The molecule has 0 aliphatic carbocycles. The molecule has 2 N–H and O–H groups in total. The Bertz CT molecular complexity index is 1330. The van der Waals surface area contributed by atoms with E-state index in [-0.39, 0.29) is 17.3 Å². The van der Waals surface area contributed by atoms with Gasteiger partial charge < -0.3 is 10.3 Å². The molecule has 0 bridgehead atoms. The van der Waals surface area contributed by atoms with E-state index in [4.69, 9.17) is 11.6 Å². The quantitative estimate of drug-likeness (QED) is 0.458. The van der Waals surface area contributed by atoms with Gasteiger partial charge in [0.2, 0.25) is 0 Å². The topological polar surface area (TPSA) is 85.8 Å². The zero-order valence-electron chi connectivity index (χ0n) is 17.5. The summed E-state index contributed by atoms with van der Waals surface area (Å²) in [6, 6.07) is 16.8. The lowest BCUT2D eigenvalue weighted by Gasteiger charge is -2.29. The number of hydrogen-bond acceptors (Lipinski definition) is 5. The first-order valence-electron chi connectivity index (χ1n) is 10.0. The maximum atomic E-state index is 12.7. The van der Waals surface area contributed by atoms with Gasteiger partial charge in [-0.2, -0.15) is 5.26 Å². The maximum absolute atomic E-state index is 12.7. The normalized spacial score (nSPS) is 16.1. The molecule has 0 fully saturated rings. The minimum atomic E-state index is -0.511. The van der Waals surface area contributed by atoms with Crippen LogP contribution in [0.15, 0.2) is 76.6 Å². The summed E-state index contributed by atoms with van der Waals surface area (Å²) >= 11 is 7.18. The third-order valence-electron chi connectivity index (χ3n) is 5.47. The second-order valence-electron chi connectivity index (χ2n) is 7.52. The van der Waals surface area contributed by atoms with Crippen LogP contribution in [0.1, 0.15) is 35.7 Å². The molecule has 1 aliphatic heterocycles. The Morgan fingerprint density at radius 2 is 1.88 bits per heavy atom. The molecule has 1 atom stereocenters. The molecule has 0 amide bonds. The first kappa shape index (κ1) is 21.9. The molecular formula is C25H20ClN3O2S. The number of carbonyl (C=O) groups is 2. The Labute approximate surface area is 195 Å². The molecule has 2 heterocycles. The highest BCUT2D eigenvalue weighted by Crippen LogP contribution is 2.43. The summed E-state index contributed by atoms with van der Waals surface area (Å²) < 4.78 is 0. The fraction of sp³-hybridized carbons (Fsp3) is 0.160. The molecule has 1 unspecified atom stereocenters. The average Bonchev–Trinajstić information content (AvgIpc) is 3.21. The van der Waals surface area contributed by atoms with E-state index in [0.29, 0.717) is 32.5 Å². The van der Waals surface area contributed by atoms with Gasteiger partial charge in [0.25, 0.3) is 0 Å². The lowest BCUT2D eigenvalue weighted by molar-refractivity contribution is -0.113. The van der Waals surface area contributed by atoms with Crippen LogP contribution < -0.4 is 5.32 Å². The predicted octanol–water partition coefficient (Wildman–Crippen LogP) is 5.72. The van der Waals surface area contributed by atoms with Crippen molar-refractivity contribution in [2.45, 2.75) is 19.8 Å². The minimum absolute atomic E-state index is 0.0686. The van der Waals surface area contributed by atoms with E-state index in [9.17, 15) is 14.9 Å². The Morgan fingerprint density at radius 3 is 2.56 bits per heavy atom. The SMILES string of the molecule is CC(=O)C1=C(C)NC(SCC(=O)c2ccc(Cl)cc2)=C(C#N)C1c1c[nH]c2ccccc12. The van der Waals surface area contributed by atoms with Crippen LogP contribution in [0.2, 0.25) is 5.02 Å². The monoisotopic (exact) mass is 461 g/mol. The highest BCUT2D eigenvalue weighted by molar-refractivity contribution is 8.03. The van der Waals surface area contributed by atoms with Gasteiger partial charge in [0.15, 0.2) is 11.6 Å². The first-order valence-corrected chi connectivity index (χ1v) is 11.4. The van der Waals surface area contributed by atoms with Gasteiger partial charge >= 0.3 is 0 Å². The highest BCUT2D eigenvalue weighted by Gasteiger charge is 2.34. The van der Waals surface area contributed by atoms with Crippen molar-refractivity contribution < 1.29 is 9.59 Å². The summed E-state index contributed by atoms with van der Waals surface area (Å²) in [7, 11) is 0. The molecule has 0 spiro atoms. The predicted molar refractivity (Wildman–Crippen MR) is 128 cm³/mol. The Hall–Kier alpha value is -3.27. The number of allylic oxidation sites excluding steroid dienone is 3. The molecular weight excluding hydrogens is 442 g/mol. The summed E-state index contributed by atoms with van der Waals surface area (Å²) in [5, 5.41) is 15.4. The van der Waals surface area contributed by atoms with Crippen LogP contribution in [0, 0.1) is 11.3 Å². The number of rotatable bonds is 6. The summed E-state index contributed by atoms with van der Waals surface area (Å²) in [6.07, 6.45) is 1.86. The number of thioether (sulfide) groups is 1. The van der Waals surface area contributed by atoms with E-state index in [0.717, 1.165) is 16.5 Å². The van der Waals surface area contributed by atoms with Crippen molar-refractivity contribution in [3.63, 3.8) is 0 Å². The highest BCUT2D eigenvalue weighted by atomic mass is 35.5. The van der Waals surface area contributed by atoms with Gasteiger partial charge in [0, 0.05) is 39.0 Å². The second-order valence-corrected chi connectivity index (χ2v) is 8.94. The molecule has 1 aliphatic rings. The number of nitrogens with one attached hydrogen (secondary N) is 2. The van der Waals surface area contributed by atoms with E-state index in [1.807, 2.05) is 37.4 Å². The van der Waals surface area contributed by atoms with Gasteiger partial charge in [-0.15, -0.1) is 0 Å². The zero-order valence-corrected chi connectivity index (χ0v) is 19.1. The molecule has 0 radical (unpaired) electrons. The van der Waals surface area contributed by atoms with Crippen LogP contribution in [0.5, 0.6) is 0 Å². The molecule has 160 valence electrons. The van der Waals surface area contributed by atoms with Gasteiger partial charge in [-0.05, 0) is 49.7 Å². The first-order chi connectivity index (χ1) is 15.4. The number of H-pyrrole nitrogens is 1. The van der Waals surface area contributed by atoms with Crippen LogP contribution in [0.3, 0.4) is 0 Å². The number of nitriles is 1. The number of benzene rings is 2. The number of para-hydroxylation sites is 1. The van der Waals surface area contributed by atoms with Crippen molar-refractivity contribution in [2.75, 3.05) is 5.75 Å². The van der Waals surface area contributed by atoms with Crippen molar-refractivity contribution >= 4 is 45.8 Å². The number of aromatic amines is 1. The van der Waals surface area contributed by atoms with E-state index < -0.39 is 5.92 Å². The number of fused-ring (bicyclic) bond motifs is 1. The number of ketones is 2. The third-order valence-corrected chi connectivity index (χ3v) is 6.74. The second kappa shape index (κ2) is 9.07. The molecule has 32 heavy (non-hydrogen) atoms. The summed E-state index contributed by atoms with van der Waals surface area (Å²) in [5.41, 5.74) is 4.03. The summed E-state index contributed by atoms with van der Waals surface area (Å²) in [5.74, 6) is -0.526. The van der Waals surface area contributed by atoms with Crippen LogP contribution in [-0.4, -0.2) is 22.3 Å². The standard InChI is InChI=1S/C25H20ClN3O2S/c1-14-23(15(2)30)24(20-12-28-21-6-4-3-5-18(20)21)19(11-27)25(29-14)32-13-22(31)16-7-9-17(26)10-8-16/h3-10,12,24,28-29H,13H2,1-2H3. The lowest BCUT2D eigenvalue weighted by atomic mass is 9.81. The van der Waals surface area contributed by atoms with Crippen LogP contribution in [0.4, 0.5) is 0 Å². The van der Waals surface area contributed by atoms with Gasteiger partial charge in [-0.1, -0.05) is 41.6 Å². The van der Waals surface area contributed by atoms with Crippen LogP contribution >= 0.6 is 23.4 Å². The lowest BCUT2D eigenvalue weighted by Crippen LogP contribution is -2.27. The van der Waals surface area contributed by atoms with Gasteiger partial charge in [-0.25, -0.2) is 0 Å². The van der Waals surface area contributed by atoms with Gasteiger partial charge in [0.1, 0.15) is 0 Å². The minimum Gasteiger partial charge on any atom is -0.361 e. The van der Waals surface area contributed by atoms with E-state index in [1.165, 1.54) is 18.7 Å². The third kappa shape index (κ3) is 4.10. The van der Waals surface area contributed by atoms with Gasteiger partial charge in [0.05, 0.1) is 28.3 Å². The molecule has 5 nitrogen and oxygen atoms in total. The smallest absolute Gasteiger partial charge is 0.173 e. The number of carbonyl (C=O) groups excluding carboxylic acids is 2. The van der Waals surface area contributed by atoms with Crippen molar-refractivity contribution in [3.05, 3.63) is 92.7 Å². The average molecular weight is 462 g/mol. The van der Waals surface area contributed by atoms with E-state index in [1.54, 1.807) is 24.3 Å². The number of Topliss-reactive ketones (excluding diaryl/α,β-unsaturated/α-hetero) is 2. The van der Waals surface area contributed by atoms with Crippen molar-refractivity contribution in [2.24, 2.45) is 0 Å². The fourth-order valence-corrected chi connectivity index (χ4v) is 5.11. The van der Waals surface area contributed by atoms with E-state index >= 15 is 0 Å². The number of dihydropyridines is 1. The molecule has 0 saturated carbocycles.